The smallest absolute Gasteiger partial charge is 0.131 e. The van der Waals surface area contributed by atoms with Crippen LogP contribution in [-0.4, -0.2) is 23.6 Å². The maximum atomic E-state index is 4.41. The molecule has 17 heavy (non-hydrogen) atoms. The van der Waals surface area contributed by atoms with Crippen molar-refractivity contribution >= 4 is 11.6 Å². The highest BCUT2D eigenvalue weighted by molar-refractivity contribution is 5.47. The molecule has 0 aromatic carbocycles. The summed E-state index contributed by atoms with van der Waals surface area (Å²) in [5, 5.41) is 6.51. The third kappa shape index (κ3) is 3.08. The third-order valence-corrected chi connectivity index (χ3v) is 3.48. The molecule has 0 amide bonds. The Labute approximate surface area is 103 Å². The van der Waals surface area contributed by atoms with E-state index >= 15 is 0 Å². The van der Waals surface area contributed by atoms with E-state index < -0.39 is 0 Å². The number of aromatic nitrogens is 2. The molecule has 2 rings (SSSR count). The molecule has 0 atom stereocenters. The number of nitrogens with one attached hydrogen (secondary N) is 2. The molecule has 0 spiro atoms. The zero-order chi connectivity index (χ0) is 12.3. The van der Waals surface area contributed by atoms with Crippen molar-refractivity contribution in [3.8, 4) is 0 Å². The van der Waals surface area contributed by atoms with Crippen molar-refractivity contribution in [1.29, 1.82) is 0 Å². The summed E-state index contributed by atoms with van der Waals surface area (Å²) in [5.74, 6) is 2.62. The van der Waals surface area contributed by atoms with Crippen molar-refractivity contribution in [2.75, 3.05) is 24.2 Å². The first-order valence-corrected chi connectivity index (χ1v) is 6.45. The summed E-state index contributed by atoms with van der Waals surface area (Å²) in [6, 6.07) is 1.97. The van der Waals surface area contributed by atoms with Gasteiger partial charge in [-0.1, -0.05) is 13.3 Å². The van der Waals surface area contributed by atoms with Gasteiger partial charge in [-0.3, -0.25) is 0 Å². The van der Waals surface area contributed by atoms with Gasteiger partial charge < -0.3 is 10.6 Å². The van der Waals surface area contributed by atoms with Crippen LogP contribution in [-0.2, 0) is 0 Å². The topological polar surface area (TPSA) is 49.8 Å². The van der Waals surface area contributed by atoms with Crippen LogP contribution in [0.25, 0.3) is 0 Å². The second-order valence-corrected chi connectivity index (χ2v) is 5.04. The van der Waals surface area contributed by atoms with Gasteiger partial charge in [0.15, 0.2) is 0 Å². The molecule has 0 bridgehead atoms. The fraction of sp³-hybridized carbons (Fsp3) is 0.692. The Balaban J connectivity index is 1.97. The first-order valence-electron chi connectivity index (χ1n) is 6.45. The molecule has 0 saturated heterocycles. The molecule has 0 radical (unpaired) electrons. The van der Waals surface area contributed by atoms with Gasteiger partial charge in [0.1, 0.15) is 17.5 Å². The van der Waals surface area contributed by atoms with Crippen molar-refractivity contribution in [3.05, 3.63) is 11.9 Å². The van der Waals surface area contributed by atoms with Gasteiger partial charge >= 0.3 is 0 Å². The summed E-state index contributed by atoms with van der Waals surface area (Å²) < 4.78 is 0. The van der Waals surface area contributed by atoms with Gasteiger partial charge in [0, 0.05) is 19.7 Å². The van der Waals surface area contributed by atoms with Crippen molar-refractivity contribution in [1.82, 2.24) is 9.97 Å². The van der Waals surface area contributed by atoms with Gasteiger partial charge in [-0.15, -0.1) is 0 Å². The number of nitrogens with zero attached hydrogens (tertiary/aromatic N) is 2. The largest absolute Gasteiger partial charge is 0.373 e. The molecule has 1 heterocycles. The maximum absolute atomic E-state index is 4.41. The molecule has 1 fully saturated rings. The quantitative estimate of drug-likeness (QED) is 0.794. The number of hydrogen-bond acceptors (Lipinski definition) is 4. The van der Waals surface area contributed by atoms with E-state index in [2.05, 4.69) is 27.5 Å². The number of hydrogen-bond donors (Lipinski definition) is 2. The zero-order valence-corrected chi connectivity index (χ0v) is 11.0. The van der Waals surface area contributed by atoms with Crippen LogP contribution in [0.4, 0.5) is 11.6 Å². The standard InChI is InChI=1S/C13H22N4/c1-4-5-13(6-7-13)9-15-12-8-11(14-3)16-10(2)17-12/h8H,4-7,9H2,1-3H3,(H2,14,15,16,17). The normalized spacial score (nSPS) is 16.6. The van der Waals surface area contributed by atoms with Crippen LogP contribution in [0.5, 0.6) is 0 Å². The van der Waals surface area contributed by atoms with Gasteiger partial charge in [0.25, 0.3) is 0 Å². The third-order valence-electron chi connectivity index (χ3n) is 3.48. The molecule has 94 valence electrons. The molecule has 2 N–H and O–H groups in total. The van der Waals surface area contributed by atoms with E-state index in [1.165, 1.54) is 25.7 Å². The van der Waals surface area contributed by atoms with Gasteiger partial charge in [-0.2, -0.15) is 0 Å². The molecule has 4 nitrogen and oxygen atoms in total. The predicted molar refractivity (Wildman–Crippen MR) is 71.4 cm³/mol. The molecule has 1 aliphatic rings. The van der Waals surface area contributed by atoms with Crippen LogP contribution in [0.1, 0.15) is 38.4 Å². The fourth-order valence-corrected chi connectivity index (χ4v) is 2.29. The van der Waals surface area contributed by atoms with E-state index in [9.17, 15) is 0 Å². The minimum absolute atomic E-state index is 0.549. The van der Waals surface area contributed by atoms with Crippen molar-refractivity contribution in [2.45, 2.75) is 39.5 Å². The lowest BCUT2D eigenvalue weighted by Gasteiger charge is -2.15. The van der Waals surface area contributed by atoms with Crippen molar-refractivity contribution in [3.63, 3.8) is 0 Å². The second kappa shape index (κ2) is 4.90. The molecule has 1 saturated carbocycles. The Bertz CT molecular complexity index is 385. The highest BCUT2D eigenvalue weighted by Gasteiger charge is 2.41. The number of aryl methyl sites for hydroxylation is 1. The predicted octanol–water partition coefficient (Wildman–Crippen LogP) is 2.82. The van der Waals surface area contributed by atoms with E-state index in [0.29, 0.717) is 5.41 Å². The fourth-order valence-electron chi connectivity index (χ4n) is 2.29. The van der Waals surface area contributed by atoms with E-state index in [4.69, 9.17) is 0 Å². The van der Waals surface area contributed by atoms with Gasteiger partial charge in [-0.25, -0.2) is 9.97 Å². The Morgan fingerprint density at radius 3 is 2.59 bits per heavy atom. The Morgan fingerprint density at radius 2 is 2.00 bits per heavy atom. The molecule has 0 aliphatic heterocycles. The summed E-state index contributed by atoms with van der Waals surface area (Å²) in [7, 11) is 1.88. The summed E-state index contributed by atoms with van der Waals surface area (Å²) in [6.45, 7) is 5.22. The highest BCUT2D eigenvalue weighted by atomic mass is 15.1. The zero-order valence-electron chi connectivity index (χ0n) is 11.0. The number of rotatable bonds is 6. The summed E-state index contributed by atoms with van der Waals surface area (Å²) in [5.41, 5.74) is 0.549. The molecular weight excluding hydrogens is 212 g/mol. The van der Waals surface area contributed by atoms with Crippen LogP contribution in [0.2, 0.25) is 0 Å². The van der Waals surface area contributed by atoms with Crippen LogP contribution < -0.4 is 10.6 Å². The molecule has 0 unspecified atom stereocenters. The summed E-state index contributed by atoms with van der Waals surface area (Å²) in [4.78, 5) is 8.70. The van der Waals surface area contributed by atoms with E-state index in [1.54, 1.807) is 0 Å². The Kier molecular flexibility index (Phi) is 3.50. The minimum atomic E-state index is 0.549. The average molecular weight is 234 g/mol. The van der Waals surface area contributed by atoms with Crippen LogP contribution in [0.15, 0.2) is 6.07 Å². The average Bonchev–Trinajstić information content (AvgIpc) is 3.07. The SMILES string of the molecule is CCCC1(CNc2cc(NC)nc(C)n2)CC1. The maximum Gasteiger partial charge on any atom is 0.131 e. The minimum Gasteiger partial charge on any atom is -0.373 e. The molecule has 1 aromatic rings. The van der Waals surface area contributed by atoms with Crippen molar-refractivity contribution < 1.29 is 0 Å². The van der Waals surface area contributed by atoms with Crippen LogP contribution >= 0.6 is 0 Å². The Morgan fingerprint density at radius 1 is 1.29 bits per heavy atom. The highest BCUT2D eigenvalue weighted by Crippen LogP contribution is 2.49. The Hall–Kier alpha value is -1.32. The van der Waals surface area contributed by atoms with E-state index in [-0.39, 0.29) is 0 Å². The summed E-state index contributed by atoms with van der Waals surface area (Å²) >= 11 is 0. The van der Waals surface area contributed by atoms with Gasteiger partial charge in [0.05, 0.1) is 0 Å². The molecule has 1 aliphatic carbocycles. The molecular formula is C13H22N4. The lowest BCUT2D eigenvalue weighted by atomic mass is 10.0. The molecule has 1 aromatic heterocycles. The first kappa shape index (κ1) is 12.1. The lowest BCUT2D eigenvalue weighted by molar-refractivity contribution is 0.485. The number of anilines is 2. The van der Waals surface area contributed by atoms with Crippen LogP contribution in [0.3, 0.4) is 0 Å². The first-order chi connectivity index (χ1) is 8.17. The van der Waals surface area contributed by atoms with Gasteiger partial charge in [-0.05, 0) is 31.6 Å². The van der Waals surface area contributed by atoms with E-state index in [0.717, 1.165) is 24.0 Å². The second-order valence-electron chi connectivity index (χ2n) is 5.04. The molecule has 4 heteroatoms. The van der Waals surface area contributed by atoms with Gasteiger partial charge in [0.2, 0.25) is 0 Å². The van der Waals surface area contributed by atoms with Crippen LogP contribution in [0, 0.1) is 12.3 Å². The van der Waals surface area contributed by atoms with E-state index in [1.807, 2.05) is 20.0 Å². The van der Waals surface area contributed by atoms with Crippen molar-refractivity contribution in [2.24, 2.45) is 5.41 Å². The monoisotopic (exact) mass is 234 g/mol. The lowest BCUT2D eigenvalue weighted by Crippen LogP contribution is -2.16. The summed E-state index contributed by atoms with van der Waals surface area (Å²) in [6.07, 6.45) is 5.31.